The average molecular weight is 267 g/mol. The Hall–Kier alpha value is -1.36. The Labute approximate surface area is 115 Å². The van der Waals surface area contributed by atoms with Gasteiger partial charge in [-0.2, -0.15) is 5.10 Å². The van der Waals surface area contributed by atoms with Gasteiger partial charge < -0.3 is 10.1 Å². The van der Waals surface area contributed by atoms with Crippen LogP contribution in [0.5, 0.6) is 0 Å². The zero-order valence-electron chi connectivity index (χ0n) is 12.8. The maximum absolute atomic E-state index is 11.8. The summed E-state index contributed by atoms with van der Waals surface area (Å²) in [5.74, 6) is -0.251. The third-order valence-electron chi connectivity index (χ3n) is 3.26. The van der Waals surface area contributed by atoms with Gasteiger partial charge in [0.2, 0.25) is 0 Å². The summed E-state index contributed by atoms with van der Waals surface area (Å²) in [6, 6.07) is -0.153. The topological polar surface area (TPSA) is 56.2 Å². The molecule has 0 spiro atoms. The molecule has 108 valence electrons. The second kappa shape index (κ2) is 6.70. The standard InChI is InChI=1S/C14H25N3O2/c1-7-12-10(4)16-17(11(12)5)8-13(14(18)19-6)15-9(2)3/h9,13,15H,7-8H2,1-6H3. The first-order valence-electron chi connectivity index (χ1n) is 6.77. The SMILES string of the molecule is CCc1c(C)nn(CC(NC(C)C)C(=O)OC)c1C. The van der Waals surface area contributed by atoms with E-state index in [4.69, 9.17) is 4.74 Å². The fourth-order valence-corrected chi connectivity index (χ4v) is 2.34. The minimum absolute atomic E-state index is 0.215. The first-order valence-corrected chi connectivity index (χ1v) is 6.77. The molecule has 0 saturated heterocycles. The molecule has 5 nitrogen and oxygen atoms in total. The summed E-state index contributed by atoms with van der Waals surface area (Å²) in [5, 5.41) is 7.73. The van der Waals surface area contributed by atoms with Gasteiger partial charge in [-0.15, -0.1) is 0 Å². The van der Waals surface area contributed by atoms with Crippen molar-refractivity contribution in [1.29, 1.82) is 0 Å². The molecular formula is C14H25N3O2. The number of aryl methyl sites for hydroxylation is 1. The Morgan fingerprint density at radius 2 is 2.05 bits per heavy atom. The van der Waals surface area contributed by atoms with Gasteiger partial charge in [0.25, 0.3) is 0 Å². The predicted molar refractivity (Wildman–Crippen MR) is 75.2 cm³/mol. The highest BCUT2D eigenvalue weighted by molar-refractivity contribution is 5.75. The van der Waals surface area contributed by atoms with Crippen molar-refractivity contribution in [1.82, 2.24) is 15.1 Å². The molecule has 19 heavy (non-hydrogen) atoms. The van der Waals surface area contributed by atoms with Crippen LogP contribution in [0.4, 0.5) is 0 Å². The van der Waals surface area contributed by atoms with Crippen LogP contribution in [0.3, 0.4) is 0 Å². The Balaban J connectivity index is 2.93. The van der Waals surface area contributed by atoms with Gasteiger partial charge in [0.15, 0.2) is 0 Å². The molecule has 1 N–H and O–H groups in total. The van der Waals surface area contributed by atoms with Crippen LogP contribution >= 0.6 is 0 Å². The molecule has 1 heterocycles. The Morgan fingerprint density at radius 3 is 2.47 bits per heavy atom. The van der Waals surface area contributed by atoms with E-state index in [1.165, 1.54) is 12.7 Å². The van der Waals surface area contributed by atoms with Crippen molar-refractivity contribution in [3.63, 3.8) is 0 Å². The van der Waals surface area contributed by atoms with Crippen LogP contribution in [0.15, 0.2) is 0 Å². The van der Waals surface area contributed by atoms with Gasteiger partial charge >= 0.3 is 5.97 Å². The lowest BCUT2D eigenvalue weighted by atomic mass is 10.1. The lowest BCUT2D eigenvalue weighted by molar-refractivity contribution is -0.143. The molecule has 0 saturated carbocycles. The zero-order valence-corrected chi connectivity index (χ0v) is 12.8. The van der Waals surface area contributed by atoms with Gasteiger partial charge in [-0.05, 0) is 25.8 Å². The molecule has 1 unspecified atom stereocenters. The van der Waals surface area contributed by atoms with Crippen molar-refractivity contribution in [2.24, 2.45) is 0 Å². The molecule has 0 fully saturated rings. The van der Waals surface area contributed by atoms with Crippen molar-refractivity contribution in [3.8, 4) is 0 Å². The van der Waals surface area contributed by atoms with Gasteiger partial charge in [-0.1, -0.05) is 20.8 Å². The monoisotopic (exact) mass is 267 g/mol. The number of methoxy groups -OCH3 is 1. The van der Waals surface area contributed by atoms with E-state index in [0.717, 1.165) is 17.8 Å². The molecule has 0 amide bonds. The fraction of sp³-hybridized carbons (Fsp3) is 0.714. The Morgan fingerprint density at radius 1 is 1.42 bits per heavy atom. The van der Waals surface area contributed by atoms with E-state index >= 15 is 0 Å². The number of hydrogen-bond donors (Lipinski definition) is 1. The van der Waals surface area contributed by atoms with Gasteiger partial charge in [0.05, 0.1) is 19.3 Å². The molecule has 1 atom stereocenters. The minimum Gasteiger partial charge on any atom is -0.468 e. The summed E-state index contributed by atoms with van der Waals surface area (Å²) in [6.07, 6.45) is 0.957. The van der Waals surface area contributed by atoms with Gasteiger partial charge in [-0.25, -0.2) is 0 Å². The largest absolute Gasteiger partial charge is 0.468 e. The molecule has 1 aromatic heterocycles. The molecule has 0 bridgehead atoms. The molecule has 0 aromatic carbocycles. The highest BCUT2D eigenvalue weighted by atomic mass is 16.5. The first-order chi connectivity index (χ1) is 8.90. The molecule has 0 aliphatic rings. The number of rotatable bonds is 6. The molecule has 0 radical (unpaired) electrons. The number of carbonyl (C=O) groups excluding carboxylic acids is 1. The van der Waals surface area contributed by atoms with Crippen LogP contribution in [-0.2, 0) is 22.5 Å². The second-order valence-electron chi connectivity index (χ2n) is 5.08. The van der Waals surface area contributed by atoms with Crippen LogP contribution < -0.4 is 5.32 Å². The minimum atomic E-state index is -0.368. The highest BCUT2D eigenvalue weighted by Gasteiger charge is 2.22. The molecule has 1 aromatic rings. The quantitative estimate of drug-likeness (QED) is 0.795. The summed E-state index contributed by atoms with van der Waals surface area (Å²) in [6.45, 7) is 10.7. The van der Waals surface area contributed by atoms with Crippen molar-refractivity contribution in [2.45, 2.75) is 59.7 Å². The number of nitrogens with one attached hydrogen (secondary N) is 1. The van der Waals surface area contributed by atoms with E-state index in [9.17, 15) is 4.79 Å². The van der Waals surface area contributed by atoms with Crippen molar-refractivity contribution < 1.29 is 9.53 Å². The summed E-state index contributed by atoms with van der Waals surface area (Å²) in [5.41, 5.74) is 3.42. The average Bonchev–Trinajstić information content (AvgIpc) is 2.61. The van der Waals surface area contributed by atoms with E-state index in [0.29, 0.717) is 6.54 Å². The number of nitrogens with zero attached hydrogens (tertiary/aromatic N) is 2. The maximum atomic E-state index is 11.8. The Bertz CT molecular complexity index is 438. The maximum Gasteiger partial charge on any atom is 0.324 e. The molecule has 1 rings (SSSR count). The van der Waals surface area contributed by atoms with Gasteiger partial charge in [-0.3, -0.25) is 9.48 Å². The highest BCUT2D eigenvalue weighted by Crippen LogP contribution is 2.14. The van der Waals surface area contributed by atoms with Gasteiger partial charge in [0.1, 0.15) is 6.04 Å². The molecular weight excluding hydrogens is 242 g/mol. The van der Waals surface area contributed by atoms with E-state index in [1.54, 1.807) is 0 Å². The van der Waals surface area contributed by atoms with E-state index in [1.807, 2.05) is 32.4 Å². The summed E-state index contributed by atoms with van der Waals surface area (Å²) in [4.78, 5) is 11.8. The van der Waals surface area contributed by atoms with Crippen molar-refractivity contribution in [3.05, 3.63) is 17.0 Å². The number of aromatic nitrogens is 2. The first kappa shape index (κ1) is 15.7. The second-order valence-corrected chi connectivity index (χ2v) is 5.08. The summed E-state index contributed by atoms with van der Waals surface area (Å²) in [7, 11) is 1.41. The van der Waals surface area contributed by atoms with Crippen LogP contribution in [0, 0.1) is 13.8 Å². The summed E-state index contributed by atoms with van der Waals surface area (Å²) >= 11 is 0. The fourth-order valence-electron chi connectivity index (χ4n) is 2.34. The summed E-state index contributed by atoms with van der Waals surface area (Å²) < 4.78 is 6.74. The lowest BCUT2D eigenvalue weighted by Gasteiger charge is -2.19. The molecule has 0 aliphatic heterocycles. The predicted octanol–water partition coefficient (Wildman–Crippen LogP) is 1.60. The normalized spacial score (nSPS) is 12.8. The third kappa shape index (κ3) is 3.80. The van der Waals surface area contributed by atoms with Crippen molar-refractivity contribution in [2.75, 3.05) is 7.11 Å². The number of hydrogen-bond acceptors (Lipinski definition) is 4. The van der Waals surface area contributed by atoms with E-state index in [2.05, 4.69) is 17.3 Å². The number of carbonyl (C=O) groups is 1. The molecule has 0 aliphatic carbocycles. The Kier molecular flexibility index (Phi) is 5.54. The van der Waals surface area contributed by atoms with Gasteiger partial charge in [0, 0.05) is 11.7 Å². The number of ether oxygens (including phenoxy) is 1. The van der Waals surface area contributed by atoms with Crippen LogP contribution in [0.2, 0.25) is 0 Å². The van der Waals surface area contributed by atoms with E-state index < -0.39 is 0 Å². The third-order valence-corrected chi connectivity index (χ3v) is 3.26. The smallest absolute Gasteiger partial charge is 0.324 e. The van der Waals surface area contributed by atoms with E-state index in [-0.39, 0.29) is 18.1 Å². The van der Waals surface area contributed by atoms with Crippen molar-refractivity contribution >= 4 is 5.97 Å². The lowest BCUT2D eigenvalue weighted by Crippen LogP contribution is -2.44. The van der Waals surface area contributed by atoms with Crippen LogP contribution in [0.1, 0.15) is 37.7 Å². The molecule has 5 heteroatoms. The number of esters is 1. The van der Waals surface area contributed by atoms with Crippen LogP contribution in [0.25, 0.3) is 0 Å². The van der Waals surface area contributed by atoms with Crippen LogP contribution in [-0.4, -0.2) is 34.9 Å². The zero-order chi connectivity index (χ0) is 14.6.